The maximum absolute atomic E-state index is 11.9. The lowest BCUT2D eigenvalue weighted by Gasteiger charge is -2.27. The molecule has 6 heteroatoms. The molecule has 2 rings (SSSR count). The van der Waals surface area contributed by atoms with Gasteiger partial charge >= 0.3 is 0 Å². The minimum atomic E-state index is -0.248. The number of rotatable bonds is 7. The summed E-state index contributed by atoms with van der Waals surface area (Å²) >= 11 is 1.45. The van der Waals surface area contributed by atoms with Crippen LogP contribution in [0.3, 0.4) is 0 Å². The molecule has 5 nitrogen and oxygen atoms in total. The fourth-order valence-corrected chi connectivity index (χ4v) is 3.08. The number of nitrogens with zero attached hydrogens (tertiary/aromatic N) is 1. The molecule has 1 aromatic carbocycles. The van der Waals surface area contributed by atoms with Gasteiger partial charge in [0.1, 0.15) is 0 Å². The van der Waals surface area contributed by atoms with Gasteiger partial charge in [-0.25, -0.2) is 0 Å². The molecule has 0 spiro atoms. The Kier molecular flexibility index (Phi) is 6.37. The molecule has 1 aromatic heterocycles. The smallest absolute Gasteiger partial charge is 0.252 e. The molecule has 0 aliphatic rings. The number of nitrogens with one attached hydrogen (secondary N) is 2. The van der Waals surface area contributed by atoms with Crippen molar-refractivity contribution in [1.29, 1.82) is 0 Å². The lowest BCUT2D eigenvalue weighted by Crippen LogP contribution is -2.32. The van der Waals surface area contributed by atoms with Crippen LogP contribution in [0.15, 0.2) is 41.1 Å². The maximum atomic E-state index is 11.9. The molecule has 128 valence electrons. The number of hydrogen-bond acceptors (Lipinski definition) is 4. The summed E-state index contributed by atoms with van der Waals surface area (Å²) in [4.78, 5) is 26.0. The van der Waals surface area contributed by atoms with Gasteiger partial charge in [-0.1, -0.05) is 0 Å². The highest BCUT2D eigenvalue weighted by atomic mass is 32.1. The molecule has 0 saturated heterocycles. The van der Waals surface area contributed by atoms with Crippen molar-refractivity contribution in [1.82, 2.24) is 5.32 Å². The van der Waals surface area contributed by atoms with E-state index in [2.05, 4.69) is 36.3 Å². The molecule has 1 heterocycles. The maximum Gasteiger partial charge on any atom is 0.252 e. The van der Waals surface area contributed by atoms with Crippen LogP contribution in [0.5, 0.6) is 0 Å². The topological polar surface area (TPSA) is 61.4 Å². The number of anilines is 2. The van der Waals surface area contributed by atoms with Crippen LogP contribution in [-0.4, -0.2) is 30.9 Å². The molecule has 24 heavy (non-hydrogen) atoms. The Hall–Kier alpha value is -2.34. The van der Waals surface area contributed by atoms with Gasteiger partial charge in [-0.05, 0) is 56.5 Å². The average Bonchev–Trinajstić information content (AvgIpc) is 3.09. The molecule has 0 unspecified atom stereocenters. The number of thiophene rings is 1. The first-order valence-corrected chi connectivity index (χ1v) is 8.92. The largest absolute Gasteiger partial charge is 0.369 e. The molecular weight excluding hydrogens is 322 g/mol. The van der Waals surface area contributed by atoms with E-state index in [4.69, 9.17) is 0 Å². The van der Waals surface area contributed by atoms with Gasteiger partial charge in [-0.2, -0.15) is 11.3 Å². The van der Waals surface area contributed by atoms with Gasteiger partial charge < -0.3 is 15.5 Å². The van der Waals surface area contributed by atoms with Crippen LogP contribution in [0.2, 0.25) is 0 Å². The van der Waals surface area contributed by atoms with Crippen LogP contribution in [0.25, 0.3) is 0 Å². The van der Waals surface area contributed by atoms with E-state index in [9.17, 15) is 9.59 Å². The van der Waals surface area contributed by atoms with Crippen LogP contribution >= 0.6 is 11.3 Å². The molecule has 0 aliphatic carbocycles. The van der Waals surface area contributed by atoms with E-state index in [1.165, 1.54) is 11.3 Å². The first-order chi connectivity index (χ1) is 11.5. The van der Waals surface area contributed by atoms with Gasteiger partial charge in [0.15, 0.2) is 0 Å². The number of hydrogen-bond donors (Lipinski definition) is 2. The van der Waals surface area contributed by atoms with Gasteiger partial charge in [0.05, 0.1) is 6.54 Å². The molecular formula is C18H23N3O2S. The molecule has 0 fully saturated rings. The van der Waals surface area contributed by atoms with Crippen molar-refractivity contribution in [2.75, 3.05) is 23.3 Å². The first kappa shape index (κ1) is 18.0. The Balaban J connectivity index is 1.86. The first-order valence-electron chi connectivity index (χ1n) is 7.98. The second kappa shape index (κ2) is 8.49. The Morgan fingerprint density at radius 2 is 1.88 bits per heavy atom. The minimum Gasteiger partial charge on any atom is -0.369 e. The summed E-state index contributed by atoms with van der Waals surface area (Å²) in [5.41, 5.74) is 2.41. The predicted molar refractivity (Wildman–Crippen MR) is 99.9 cm³/mol. The standard InChI is InChI=1S/C18H23N3O2S/c1-4-21(13(2)3)16-7-5-15(6-8-16)20-17(22)11-19-18(23)14-9-10-24-12-14/h5-10,12-13H,4,11H2,1-3H3,(H,19,23)(H,20,22). The fraction of sp³-hybridized carbons (Fsp3) is 0.333. The second-order valence-electron chi connectivity index (χ2n) is 5.67. The van der Waals surface area contributed by atoms with E-state index < -0.39 is 0 Å². The van der Waals surface area contributed by atoms with Crippen molar-refractivity contribution in [3.05, 3.63) is 46.7 Å². The van der Waals surface area contributed by atoms with E-state index in [-0.39, 0.29) is 18.4 Å². The van der Waals surface area contributed by atoms with Gasteiger partial charge in [0.25, 0.3) is 5.91 Å². The summed E-state index contributed by atoms with van der Waals surface area (Å²) in [7, 11) is 0. The summed E-state index contributed by atoms with van der Waals surface area (Å²) in [5, 5.41) is 8.97. The lowest BCUT2D eigenvalue weighted by atomic mass is 10.2. The predicted octanol–water partition coefficient (Wildman–Crippen LogP) is 3.35. The molecule has 2 amide bonds. The molecule has 2 aromatic rings. The van der Waals surface area contributed by atoms with Crippen LogP contribution in [-0.2, 0) is 4.79 Å². The number of amides is 2. The van der Waals surface area contributed by atoms with E-state index in [1.54, 1.807) is 11.4 Å². The third-order valence-corrected chi connectivity index (χ3v) is 4.32. The van der Waals surface area contributed by atoms with E-state index >= 15 is 0 Å². The highest BCUT2D eigenvalue weighted by Gasteiger charge is 2.10. The van der Waals surface area contributed by atoms with Crippen molar-refractivity contribution < 1.29 is 9.59 Å². The van der Waals surface area contributed by atoms with E-state index in [0.29, 0.717) is 17.3 Å². The highest BCUT2D eigenvalue weighted by Crippen LogP contribution is 2.19. The van der Waals surface area contributed by atoms with Gasteiger partial charge in [-0.15, -0.1) is 0 Å². The van der Waals surface area contributed by atoms with E-state index in [1.807, 2.05) is 29.6 Å². The average molecular weight is 345 g/mol. The summed E-state index contributed by atoms with van der Waals surface area (Å²) in [5.74, 6) is -0.486. The Morgan fingerprint density at radius 1 is 1.17 bits per heavy atom. The van der Waals surface area contributed by atoms with Crippen LogP contribution in [0.1, 0.15) is 31.1 Å². The lowest BCUT2D eigenvalue weighted by molar-refractivity contribution is -0.115. The van der Waals surface area contributed by atoms with Crippen molar-refractivity contribution in [3.63, 3.8) is 0 Å². The highest BCUT2D eigenvalue weighted by molar-refractivity contribution is 7.08. The minimum absolute atomic E-state index is 0.0521. The van der Waals surface area contributed by atoms with Gasteiger partial charge in [-0.3, -0.25) is 9.59 Å². The van der Waals surface area contributed by atoms with Gasteiger partial charge in [0, 0.05) is 34.9 Å². The van der Waals surface area contributed by atoms with Crippen molar-refractivity contribution in [2.45, 2.75) is 26.8 Å². The van der Waals surface area contributed by atoms with Gasteiger partial charge in [0.2, 0.25) is 5.91 Å². The summed E-state index contributed by atoms with van der Waals surface area (Å²) in [6, 6.07) is 9.87. The third kappa shape index (κ3) is 4.83. The second-order valence-corrected chi connectivity index (χ2v) is 6.45. The monoisotopic (exact) mass is 345 g/mol. The molecule has 0 bridgehead atoms. The number of carbonyl (C=O) groups is 2. The zero-order valence-corrected chi connectivity index (χ0v) is 15.0. The Bertz CT molecular complexity index is 666. The third-order valence-electron chi connectivity index (χ3n) is 3.64. The Morgan fingerprint density at radius 3 is 2.42 bits per heavy atom. The Labute approximate surface area is 146 Å². The molecule has 2 N–H and O–H groups in total. The van der Waals surface area contributed by atoms with Crippen molar-refractivity contribution >= 4 is 34.5 Å². The van der Waals surface area contributed by atoms with E-state index in [0.717, 1.165) is 12.2 Å². The summed E-state index contributed by atoms with van der Waals surface area (Å²) < 4.78 is 0. The summed E-state index contributed by atoms with van der Waals surface area (Å²) in [6.45, 7) is 7.29. The number of carbonyl (C=O) groups excluding carboxylic acids is 2. The van der Waals surface area contributed by atoms with Crippen LogP contribution in [0, 0.1) is 0 Å². The summed E-state index contributed by atoms with van der Waals surface area (Å²) in [6.07, 6.45) is 0. The quantitative estimate of drug-likeness (QED) is 0.809. The van der Waals surface area contributed by atoms with Crippen LogP contribution in [0.4, 0.5) is 11.4 Å². The zero-order chi connectivity index (χ0) is 17.5. The number of benzene rings is 1. The molecule has 0 atom stereocenters. The molecule has 0 aliphatic heterocycles. The fourth-order valence-electron chi connectivity index (χ4n) is 2.44. The SMILES string of the molecule is CCN(c1ccc(NC(=O)CNC(=O)c2ccsc2)cc1)C(C)C. The zero-order valence-electron chi connectivity index (χ0n) is 14.2. The van der Waals surface area contributed by atoms with Crippen molar-refractivity contribution in [2.24, 2.45) is 0 Å². The molecule has 0 radical (unpaired) electrons. The molecule has 0 saturated carbocycles. The van der Waals surface area contributed by atoms with Crippen molar-refractivity contribution in [3.8, 4) is 0 Å². The van der Waals surface area contributed by atoms with Crippen LogP contribution < -0.4 is 15.5 Å². The normalized spacial score (nSPS) is 10.5.